The second-order valence-corrected chi connectivity index (χ2v) is 3.35. The van der Waals surface area contributed by atoms with Crippen LogP contribution in [0.3, 0.4) is 0 Å². The van der Waals surface area contributed by atoms with Crippen molar-refractivity contribution in [3.05, 3.63) is 23.8 Å². The largest absolute Gasteiger partial charge is 0.456 e. The fourth-order valence-corrected chi connectivity index (χ4v) is 1.33. The third-order valence-corrected chi connectivity index (χ3v) is 2.14. The van der Waals surface area contributed by atoms with Crippen LogP contribution in [0.15, 0.2) is 23.8 Å². The highest BCUT2D eigenvalue weighted by molar-refractivity contribution is 5.90. The maximum Gasteiger partial charge on any atom is 0.334 e. The smallest absolute Gasteiger partial charge is 0.334 e. The zero-order valence-electron chi connectivity index (χ0n) is 8.06. The molecule has 4 nitrogen and oxygen atoms in total. The van der Waals surface area contributed by atoms with Gasteiger partial charge in [0.1, 0.15) is 12.2 Å². The second kappa shape index (κ2) is 4.39. The zero-order valence-corrected chi connectivity index (χ0v) is 8.06. The number of aliphatic hydroxyl groups excluding tert-OH is 2. The fraction of sp³-hybridized carbons (Fsp3) is 0.500. The molecule has 1 rings (SSSR count). The molecule has 78 valence electrons. The molecule has 1 heterocycles. The van der Waals surface area contributed by atoms with Gasteiger partial charge in [-0.1, -0.05) is 6.58 Å². The highest BCUT2D eigenvalue weighted by Gasteiger charge is 2.33. The molecule has 0 radical (unpaired) electrons. The van der Waals surface area contributed by atoms with Crippen LogP contribution < -0.4 is 0 Å². The average molecular weight is 198 g/mol. The number of cyclic esters (lactones) is 1. The van der Waals surface area contributed by atoms with Crippen LogP contribution in [-0.2, 0) is 9.53 Å². The van der Waals surface area contributed by atoms with Gasteiger partial charge in [-0.25, -0.2) is 4.79 Å². The van der Waals surface area contributed by atoms with Crippen LogP contribution >= 0.6 is 0 Å². The van der Waals surface area contributed by atoms with Gasteiger partial charge in [0.05, 0.1) is 6.61 Å². The highest BCUT2D eigenvalue weighted by Crippen LogP contribution is 2.24. The first-order valence-electron chi connectivity index (χ1n) is 4.40. The fourth-order valence-electron chi connectivity index (χ4n) is 1.33. The second-order valence-electron chi connectivity index (χ2n) is 3.35. The molecule has 0 bridgehead atoms. The number of ether oxygens (including phenoxy) is 1. The summed E-state index contributed by atoms with van der Waals surface area (Å²) < 4.78 is 4.92. The van der Waals surface area contributed by atoms with Gasteiger partial charge >= 0.3 is 5.97 Å². The molecular weight excluding hydrogens is 184 g/mol. The van der Waals surface area contributed by atoms with Gasteiger partial charge in [-0.2, -0.15) is 0 Å². The Kier molecular flexibility index (Phi) is 3.43. The minimum atomic E-state index is -0.830. The number of hydrogen-bond acceptors (Lipinski definition) is 4. The molecule has 0 aliphatic carbocycles. The molecule has 1 saturated heterocycles. The Balaban J connectivity index is 2.68. The predicted molar refractivity (Wildman–Crippen MR) is 50.5 cm³/mol. The van der Waals surface area contributed by atoms with Crippen molar-refractivity contribution >= 4 is 5.97 Å². The van der Waals surface area contributed by atoms with E-state index in [0.29, 0.717) is 17.6 Å². The van der Waals surface area contributed by atoms with Crippen LogP contribution in [0, 0.1) is 0 Å². The van der Waals surface area contributed by atoms with E-state index in [2.05, 4.69) is 6.58 Å². The summed E-state index contributed by atoms with van der Waals surface area (Å²) in [6, 6.07) is 0. The van der Waals surface area contributed by atoms with E-state index in [1.54, 1.807) is 6.92 Å². The quantitative estimate of drug-likeness (QED) is 0.385. The summed E-state index contributed by atoms with van der Waals surface area (Å²) >= 11 is 0. The maximum atomic E-state index is 11.2. The number of hydrogen-bond donors (Lipinski definition) is 2. The van der Waals surface area contributed by atoms with Crippen molar-refractivity contribution in [2.45, 2.75) is 25.6 Å². The summed E-state index contributed by atoms with van der Waals surface area (Å²) in [5.41, 5.74) is 0.978. The first-order valence-corrected chi connectivity index (χ1v) is 4.40. The van der Waals surface area contributed by atoms with Crippen LogP contribution in [-0.4, -0.2) is 35.0 Å². The normalized spacial score (nSPS) is 26.4. The van der Waals surface area contributed by atoms with E-state index in [0.717, 1.165) is 0 Å². The van der Waals surface area contributed by atoms with Crippen molar-refractivity contribution in [2.24, 2.45) is 0 Å². The molecule has 2 atom stereocenters. The Morgan fingerprint density at radius 1 is 1.86 bits per heavy atom. The molecule has 0 aromatic carbocycles. The number of rotatable bonds is 3. The van der Waals surface area contributed by atoms with Gasteiger partial charge in [-0.15, -0.1) is 0 Å². The van der Waals surface area contributed by atoms with Gasteiger partial charge < -0.3 is 14.9 Å². The van der Waals surface area contributed by atoms with E-state index in [-0.39, 0.29) is 6.61 Å². The van der Waals surface area contributed by atoms with Crippen LogP contribution in [0.4, 0.5) is 0 Å². The first-order chi connectivity index (χ1) is 6.56. The van der Waals surface area contributed by atoms with E-state index in [9.17, 15) is 9.90 Å². The summed E-state index contributed by atoms with van der Waals surface area (Å²) in [5, 5.41) is 18.2. The molecule has 1 aliphatic rings. The van der Waals surface area contributed by atoms with Crippen LogP contribution in [0.5, 0.6) is 0 Å². The Morgan fingerprint density at radius 3 is 3.00 bits per heavy atom. The van der Waals surface area contributed by atoms with Crippen molar-refractivity contribution in [1.29, 1.82) is 0 Å². The number of carbonyl (C=O) groups excluding carboxylic acids is 1. The van der Waals surface area contributed by atoms with Gasteiger partial charge in [0, 0.05) is 12.0 Å². The molecule has 1 aliphatic heterocycles. The molecule has 0 saturated carbocycles. The predicted octanol–water partition coefficient (Wildman–Crippen LogP) is 0.158. The van der Waals surface area contributed by atoms with Crippen molar-refractivity contribution < 1.29 is 19.7 Å². The van der Waals surface area contributed by atoms with Gasteiger partial charge in [-0.3, -0.25) is 0 Å². The Bertz CT molecular complexity index is 280. The minimum absolute atomic E-state index is 0.194. The van der Waals surface area contributed by atoms with E-state index in [1.807, 2.05) is 0 Å². The molecule has 0 amide bonds. The molecule has 0 aromatic rings. The SMILES string of the molecule is C=C(C)[C@@H](O)[C@@H]1C/C(=C/CO)C(=O)O1. The van der Waals surface area contributed by atoms with Crippen molar-refractivity contribution in [2.75, 3.05) is 6.61 Å². The van der Waals surface area contributed by atoms with Gasteiger partial charge in [-0.05, 0) is 18.6 Å². The standard InChI is InChI=1S/C10H14O4/c1-6(2)9(12)8-5-7(3-4-11)10(13)14-8/h3,8-9,11-12H,1,4-5H2,2H3/b7-3-/t8-,9+/m0/s1. The van der Waals surface area contributed by atoms with E-state index >= 15 is 0 Å². The number of esters is 1. The molecular formula is C10H14O4. The number of carbonyl (C=O) groups is 1. The number of aliphatic hydroxyl groups is 2. The van der Waals surface area contributed by atoms with E-state index < -0.39 is 18.2 Å². The Hall–Kier alpha value is -1.13. The van der Waals surface area contributed by atoms with E-state index in [1.165, 1.54) is 6.08 Å². The summed E-state index contributed by atoms with van der Waals surface area (Å²) in [7, 11) is 0. The van der Waals surface area contributed by atoms with Crippen LogP contribution in [0.1, 0.15) is 13.3 Å². The molecule has 4 heteroatoms. The third kappa shape index (κ3) is 2.21. The highest BCUT2D eigenvalue weighted by atomic mass is 16.6. The van der Waals surface area contributed by atoms with Crippen molar-refractivity contribution in [3.63, 3.8) is 0 Å². The van der Waals surface area contributed by atoms with E-state index in [4.69, 9.17) is 9.84 Å². The van der Waals surface area contributed by atoms with Crippen molar-refractivity contribution in [3.8, 4) is 0 Å². The minimum Gasteiger partial charge on any atom is -0.456 e. The van der Waals surface area contributed by atoms with Gasteiger partial charge in [0.15, 0.2) is 0 Å². The summed E-state index contributed by atoms with van der Waals surface area (Å²) in [5.74, 6) is -0.468. The summed E-state index contributed by atoms with van der Waals surface area (Å²) in [4.78, 5) is 11.2. The van der Waals surface area contributed by atoms with Gasteiger partial charge in [0.2, 0.25) is 0 Å². The molecule has 0 unspecified atom stereocenters. The molecule has 1 fully saturated rings. The monoisotopic (exact) mass is 198 g/mol. The third-order valence-electron chi connectivity index (χ3n) is 2.14. The first kappa shape index (κ1) is 10.9. The maximum absolute atomic E-state index is 11.2. The molecule has 0 aromatic heterocycles. The molecule has 14 heavy (non-hydrogen) atoms. The molecule has 2 N–H and O–H groups in total. The zero-order chi connectivity index (χ0) is 10.7. The van der Waals surface area contributed by atoms with Crippen LogP contribution in [0.25, 0.3) is 0 Å². The Labute approximate surface area is 82.5 Å². The topological polar surface area (TPSA) is 66.8 Å². The lowest BCUT2D eigenvalue weighted by molar-refractivity contribution is -0.142. The average Bonchev–Trinajstić information content (AvgIpc) is 2.47. The summed E-state index contributed by atoms with van der Waals surface area (Å²) in [6.07, 6.45) is 0.335. The van der Waals surface area contributed by atoms with Crippen molar-refractivity contribution in [1.82, 2.24) is 0 Å². The lowest BCUT2D eigenvalue weighted by Crippen LogP contribution is -2.26. The molecule has 0 spiro atoms. The summed E-state index contributed by atoms with van der Waals surface area (Å²) in [6.45, 7) is 5.06. The van der Waals surface area contributed by atoms with Gasteiger partial charge in [0.25, 0.3) is 0 Å². The lowest BCUT2D eigenvalue weighted by Gasteiger charge is -2.15. The lowest BCUT2D eigenvalue weighted by atomic mass is 10.0. The van der Waals surface area contributed by atoms with Crippen LogP contribution in [0.2, 0.25) is 0 Å². The Morgan fingerprint density at radius 2 is 2.50 bits per heavy atom.